The van der Waals surface area contributed by atoms with Crippen molar-refractivity contribution in [3.05, 3.63) is 12.2 Å². The van der Waals surface area contributed by atoms with Gasteiger partial charge in [0.1, 0.15) is 0 Å². The van der Waals surface area contributed by atoms with Gasteiger partial charge in [-0.2, -0.15) is 0 Å². The zero-order valence-corrected chi connectivity index (χ0v) is 14.3. The second-order valence-corrected chi connectivity index (χ2v) is 11.4. The third kappa shape index (κ3) is 18.1. The molecule has 0 aliphatic rings. The quantitative estimate of drug-likeness (QED) is 0.444. The zero-order chi connectivity index (χ0) is 13.8. The summed E-state index contributed by atoms with van der Waals surface area (Å²) in [5.74, 6) is -1.16. The fourth-order valence-corrected chi connectivity index (χ4v) is 4.74. The first-order chi connectivity index (χ1) is 7.83. The van der Waals surface area contributed by atoms with Gasteiger partial charge in [-0.15, -0.1) is 0 Å². The normalized spacial score (nSPS) is 10.1. The predicted octanol–water partition coefficient (Wildman–Crippen LogP) is 2.24. The molecule has 0 aliphatic carbocycles. The minimum absolute atomic E-state index is 0.0389. The van der Waals surface area contributed by atoms with Crippen molar-refractivity contribution in [2.45, 2.75) is 35.6 Å². The Bertz CT molecular complexity index is 223. The third-order valence-electron chi connectivity index (χ3n) is 1.42. The number of carbonyl (C=O) groups is 2. The molecule has 0 N–H and O–H groups in total. The monoisotopic (exact) mass is 350 g/mol. The molecule has 0 unspecified atom stereocenters. The molecule has 0 atom stereocenters. The van der Waals surface area contributed by atoms with Gasteiger partial charge in [0.15, 0.2) is 0 Å². The fourth-order valence-electron chi connectivity index (χ4n) is 0.939. The summed E-state index contributed by atoms with van der Waals surface area (Å²) < 4.78 is 10.5. The summed E-state index contributed by atoms with van der Waals surface area (Å²) in [6.07, 6.45) is 1.98. The van der Waals surface area contributed by atoms with Gasteiger partial charge in [0.25, 0.3) is 0 Å². The molecular formula is C12H22O4Sn. The molecule has 0 aliphatic heterocycles. The molecule has 98 valence electrons. The summed E-state index contributed by atoms with van der Waals surface area (Å²) >= 11 is 0.0389. The molecule has 0 heterocycles. The van der Waals surface area contributed by atoms with Gasteiger partial charge in [0, 0.05) is 12.2 Å². The molecule has 0 bridgehead atoms. The Morgan fingerprint density at radius 2 is 1.18 bits per heavy atom. The second-order valence-electron chi connectivity index (χ2n) is 3.86. The van der Waals surface area contributed by atoms with E-state index in [1.54, 1.807) is 0 Å². The van der Waals surface area contributed by atoms with Crippen LogP contribution in [-0.4, -0.2) is 47.3 Å². The molecule has 0 aromatic carbocycles. The van der Waals surface area contributed by atoms with Crippen molar-refractivity contribution in [1.82, 2.24) is 0 Å². The number of rotatable bonds is 4. The van der Waals surface area contributed by atoms with Crippen molar-refractivity contribution in [2.75, 3.05) is 14.2 Å². The second kappa shape index (κ2) is 11.9. The van der Waals surface area contributed by atoms with E-state index >= 15 is 0 Å². The predicted molar refractivity (Wildman–Crippen MR) is 69.1 cm³/mol. The van der Waals surface area contributed by atoms with Crippen LogP contribution in [0.2, 0.25) is 7.87 Å². The van der Waals surface area contributed by atoms with Gasteiger partial charge < -0.3 is 9.47 Å². The number of esters is 2. The standard InChI is InChI=1S/C6H8O4.2C3H7.Sn/c1-9-5(7)3-4-6(8)10-2;2*1-3-2;/h3-4H,1-2H3;2*3H,1-2H3;/b4-3-;;;. The molecule has 5 heteroatoms. The maximum absolute atomic E-state index is 10.3. The number of hydrogen-bond donors (Lipinski definition) is 0. The van der Waals surface area contributed by atoms with Gasteiger partial charge >= 0.3 is 68.6 Å². The van der Waals surface area contributed by atoms with Crippen molar-refractivity contribution in [2.24, 2.45) is 0 Å². The Morgan fingerprint density at radius 3 is 1.29 bits per heavy atom. The van der Waals surface area contributed by atoms with Gasteiger partial charge in [-0.1, -0.05) is 0 Å². The van der Waals surface area contributed by atoms with Crippen LogP contribution in [0.15, 0.2) is 12.2 Å². The summed E-state index contributed by atoms with van der Waals surface area (Å²) in [5.41, 5.74) is 0. The van der Waals surface area contributed by atoms with Gasteiger partial charge in [0.2, 0.25) is 0 Å². The van der Waals surface area contributed by atoms with Crippen LogP contribution in [0.25, 0.3) is 0 Å². The Balaban J connectivity index is 0. The van der Waals surface area contributed by atoms with Gasteiger partial charge in [-0.3, -0.25) is 0 Å². The van der Waals surface area contributed by atoms with E-state index in [1.165, 1.54) is 14.2 Å². The molecule has 0 rings (SSSR count). The van der Waals surface area contributed by atoms with Gasteiger partial charge in [0.05, 0.1) is 14.2 Å². The zero-order valence-electron chi connectivity index (χ0n) is 11.4. The summed E-state index contributed by atoms with van der Waals surface area (Å²) in [6, 6.07) is 0. The van der Waals surface area contributed by atoms with E-state index < -0.39 is 11.9 Å². The number of ether oxygens (including phenoxy) is 2. The summed E-state index contributed by atoms with van der Waals surface area (Å²) in [5, 5.41) is 0. The number of methoxy groups -OCH3 is 2. The first-order valence-corrected chi connectivity index (χ1v) is 8.73. The Hall–Kier alpha value is -0.521. The average Bonchev–Trinajstić information content (AvgIpc) is 2.24. The summed E-state index contributed by atoms with van der Waals surface area (Å²) in [7, 11) is 2.45. The van der Waals surface area contributed by atoms with Crippen LogP contribution in [0.1, 0.15) is 27.7 Å². The van der Waals surface area contributed by atoms with Gasteiger partial charge in [-0.25, -0.2) is 9.59 Å². The van der Waals surface area contributed by atoms with Crippen molar-refractivity contribution in [1.29, 1.82) is 0 Å². The molecule has 0 saturated carbocycles. The Labute approximate surface area is 114 Å². The van der Waals surface area contributed by atoms with E-state index in [4.69, 9.17) is 0 Å². The van der Waals surface area contributed by atoms with E-state index in [0.29, 0.717) is 0 Å². The summed E-state index contributed by atoms with van der Waals surface area (Å²) in [6.45, 7) is 9.36. The Morgan fingerprint density at radius 1 is 0.882 bits per heavy atom. The first-order valence-electron chi connectivity index (χ1n) is 5.43. The van der Waals surface area contributed by atoms with Crippen LogP contribution >= 0.6 is 0 Å². The molecule has 17 heavy (non-hydrogen) atoms. The molecule has 0 amide bonds. The van der Waals surface area contributed by atoms with E-state index in [9.17, 15) is 9.59 Å². The molecule has 0 spiro atoms. The fraction of sp³-hybridized carbons (Fsp3) is 0.667. The van der Waals surface area contributed by atoms with Gasteiger partial charge in [-0.05, 0) is 0 Å². The van der Waals surface area contributed by atoms with E-state index in [0.717, 1.165) is 20.0 Å². The number of carbonyl (C=O) groups excluding carboxylic acids is 2. The maximum atomic E-state index is 10.3. The van der Waals surface area contributed by atoms with Crippen LogP contribution in [0, 0.1) is 0 Å². The van der Waals surface area contributed by atoms with Crippen LogP contribution in [0.4, 0.5) is 0 Å². The van der Waals surface area contributed by atoms with E-state index in [-0.39, 0.29) is 21.1 Å². The minimum atomic E-state index is -0.578. The average molecular weight is 349 g/mol. The molecule has 4 nitrogen and oxygen atoms in total. The van der Waals surface area contributed by atoms with Crippen molar-refractivity contribution in [3.8, 4) is 0 Å². The van der Waals surface area contributed by atoms with Crippen LogP contribution in [-0.2, 0) is 19.1 Å². The number of hydrogen-bond acceptors (Lipinski definition) is 4. The topological polar surface area (TPSA) is 52.6 Å². The summed E-state index contributed by atoms with van der Waals surface area (Å²) in [4.78, 5) is 20.6. The van der Waals surface area contributed by atoms with Crippen LogP contribution in [0.3, 0.4) is 0 Å². The molecule has 2 radical (unpaired) electrons. The van der Waals surface area contributed by atoms with Crippen molar-refractivity contribution >= 4 is 33.1 Å². The van der Waals surface area contributed by atoms with Crippen molar-refractivity contribution in [3.63, 3.8) is 0 Å². The molecule has 0 aromatic rings. The molecule has 0 aromatic heterocycles. The first kappa shape index (κ1) is 18.8. The molecule has 0 fully saturated rings. The SMILES string of the molecule is COC(=O)/C=C\C(=O)OC.C[CH](C)[Sn][CH](C)C. The Kier molecular flexibility index (Phi) is 13.2. The van der Waals surface area contributed by atoms with E-state index in [1.807, 2.05) is 0 Å². The van der Waals surface area contributed by atoms with Crippen molar-refractivity contribution < 1.29 is 19.1 Å². The van der Waals surface area contributed by atoms with Crippen LogP contribution < -0.4 is 0 Å². The molecule has 0 saturated heterocycles. The van der Waals surface area contributed by atoms with Crippen LogP contribution in [0.5, 0.6) is 0 Å². The molecular weight excluding hydrogens is 327 g/mol. The third-order valence-corrected chi connectivity index (χ3v) is 5.23. The van der Waals surface area contributed by atoms with E-state index in [2.05, 4.69) is 37.2 Å².